The molecule has 0 unspecified atom stereocenters. The van der Waals surface area contributed by atoms with E-state index in [-0.39, 0.29) is 5.75 Å². The van der Waals surface area contributed by atoms with Crippen molar-refractivity contribution in [1.29, 1.82) is 0 Å². The van der Waals surface area contributed by atoms with Crippen molar-refractivity contribution in [2.75, 3.05) is 11.9 Å². The first-order valence-corrected chi connectivity index (χ1v) is 9.88. The number of aromatic nitrogens is 1. The van der Waals surface area contributed by atoms with E-state index in [0.29, 0.717) is 17.1 Å². The van der Waals surface area contributed by atoms with Crippen LogP contribution >= 0.6 is 33.9 Å². The van der Waals surface area contributed by atoms with Gasteiger partial charge in [0.1, 0.15) is 10.8 Å². The van der Waals surface area contributed by atoms with Crippen LogP contribution in [0.1, 0.15) is 16.1 Å². The second-order valence-electron chi connectivity index (χ2n) is 6.09. The Hall–Kier alpha value is -1.81. The Morgan fingerprint density at radius 2 is 1.81 bits per heavy atom. The zero-order valence-electron chi connectivity index (χ0n) is 14.5. The predicted molar refractivity (Wildman–Crippen MR) is 110 cm³/mol. The Morgan fingerprint density at radius 3 is 2.41 bits per heavy atom. The molecule has 0 atom stereocenters. The van der Waals surface area contributed by atoms with E-state index in [1.807, 2.05) is 31.0 Å². The number of anilines is 1. The Labute approximate surface area is 172 Å². The van der Waals surface area contributed by atoms with Gasteiger partial charge in [0, 0.05) is 23.2 Å². The molecule has 3 aromatic rings. The van der Waals surface area contributed by atoms with E-state index < -0.39 is 11.7 Å². The van der Waals surface area contributed by atoms with Gasteiger partial charge in [-0.2, -0.15) is 13.2 Å². The molecule has 0 spiro atoms. The van der Waals surface area contributed by atoms with Gasteiger partial charge in [-0.1, -0.05) is 12.1 Å². The maximum absolute atomic E-state index is 12.7. The van der Waals surface area contributed by atoms with E-state index in [0.717, 1.165) is 32.0 Å². The van der Waals surface area contributed by atoms with Gasteiger partial charge in [-0.15, -0.1) is 11.3 Å². The number of phenolic OH excluding ortho intramolecular Hbond substituents is 1. The molecule has 0 aliphatic heterocycles. The summed E-state index contributed by atoms with van der Waals surface area (Å²) in [4.78, 5) is 7.60. The van der Waals surface area contributed by atoms with Crippen molar-refractivity contribution in [3.05, 3.63) is 62.2 Å². The third-order valence-corrected chi connectivity index (χ3v) is 6.16. The fourth-order valence-electron chi connectivity index (χ4n) is 2.54. The topological polar surface area (TPSA) is 36.4 Å². The summed E-state index contributed by atoms with van der Waals surface area (Å²) in [5.74, 6) is 0.242. The first kappa shape index (κ1) is 19.9. The van der Waals surface area contributed by atoms with Crippen LogP contribution in [-0.4, -0.2) is 17.1 Å². The fraction of sp³-hybridized carbons (Fsp3) is 0.211. The highest BCUT2D eigenvalue weighted by atomic mass is 127. The second kappa shape index (κ2) is 7.67. The van der Waals surface area contributed by atoms with Crippen molar-refractivity contribution in [2.45, 2.75) is 19.6 Å². The van der Waals surface area contributed by atoms with Crippen LogP contribution in [0.3, 0.4) is 0 Å². The lowest BCUT2D eigenvalue weighted by Gasteiger charge is -2.19. The van der Waals surface area contributed by atoms with Crippen LogP contribution in [0.4, 0.5) is 18.9 Å². The third kappa shape index (κ3) is 4.55. The summed E-state index contributed by atoms with van der Waals surface area (Å²) in [5.41, 5.74) is 1.82. The fourth-order valence-corrected chi connectivity index (χ4v) is 4.16. The minimum atomic E-state index is -4.34. The molecule has 0 radical (unpaired) electrons. The molecule has 27 heavy (non-hydrogen) atoms. The molecule has 1 aromatic heterocycles. The van der Waals surface area contributed by atoms with Crippen molar-refractivity contribution < 1.29 is 18.3 Å². The van der Waals surface area contributed by atoms with Crippen LogP contribution in [0.25, 0.3) is 10.6 Å². The summed E-state index contributed by atoms with van der Waals surface area (Å²) in [7, 11) is 1.94. The van der Waals surface area contributed by atoms with Crippen LogP contribution in [0.15, 0.2) is 42.5 Å². The average Bonchev–Trinajstić information content (AvgIpc) is 2.97. The van der Waals surface area contributed by atoms with Gasteiger partial charge in [0.15, 0.2) is 0 Å². The summed E-state index contributed by atoms with van der Waals surface area (Å²) in [6, 6.07) is 10.5. The molecule has 3 rings (SSSR count). The van der Waals surface area contributed by atoms with Gasteiger partial charge in [0.25, 0.3) is 0 Å². The number of nitrogens with zero attached hydrogens (tertiary/aromatic N) is 2. The number of rotatable bonds is 4. The molecule has 0 saturated heterocycles. The summed E-state index contributed by atoms with van der Waals surface area (Å²) in [6.07, 6.45) is -4.34. The number of aromatic hydroxyl groups is 1. The molecule has 1 N–H and O–H groups in total. The van der Waals surface area contributed by atoms with Crippen LogP contribution < -0.4 is 4.90 Å². The maximum Gasteiger partial charge on any atom is 0.416 e. The minimum Gasteiger partial charge on any atom is -0.507 e. The molecule has 3 nitrogen and oxygen atoms in total. The molecule has 142 valence electrons. The van der Waals surface area contributed by atoms with Gasteiger partial charge in [-0.3, -0.25) is 0 Å². The van der Waals surface area contributed by atoms with Crippen LogP contribution in [0.5, 0.6) is 5.75 Å². The number of phenols is 1. The second-order valence-corrected chi connectivity index (χ2v) is 8.34. The number of alkyl halides is 3. The van der Waals surface area contributed by atoms with Gasteiger partial charge in [-0.05, 0) is 59.8 Å². The smallest absolute Gasteiger partial charge is 0.416 e. The predicted octanol–water partition coefficient (Wildman–Crippen LogP) is 6.08. The van der Waals surface area contributed by atoms with E-state index in [4.69, 9.17) is 0 Å². The van der Waals surface area contributed by atoms with Crippen molar-refractivity contribution in [3.63, 3.8) is 0 Å². The molecule has 8 heteroatoms. The summed E-state index contributed by atoms with van der Waals surface area (Å²) >= 11 is 3.55. The van der Waals surface area contributed by atoms with E-state index >= 15 is 0 Å². The number of hydrogen-bond donors (Lipinski definition) is 1. The van der Waals surface area contributed by atoms with Crippen molar-refractivity contribution in [2.24, 2.45) is 0 Å². The van der Waals surface area contributed by atoms with Gasteiger partial charge < -0.3 is 10.0 Å². The first-order valence-electron chi connectivity index (χ1n) is 7.99. The Bertz CT molecular complexity index is 955. The average molecular weight is 504 g/mol. The molecule has 0 fully saturated rings. The van der Waals surface area contributed by atoms with E-state index in [1.54, 1.807) is 6.07 Å². The highest BCUT2D eigenvalue weighted by molar-refractivity contribution is 14.1. The van der Waals surface area contributed by atoms with Crippen LogP contribution in [0.2, 0.25) is 0 Å². The Kier molecular flexibility index (Phi) is 5.66. The molecule has 0 aliphatic rings. The molecule has 0 bridgehead atoms. The largest absolute Gasteiger partial charge is 0.507 e. The minimum absolute atomic E-state index is 0.242. The summed E-state index contributed by atoms with van der Waals surface area (Å²) in [6.45, 7) is 2.51. The molecule has 2 aromatic carbocycles. The maximum atomic E-state index is 12.7. The first-order chi connectivity index (χ1) is 12.6. The normalized spacial score (nSPS) is 11.6. The van der Waals surface area contributed by atoms with E-state index in [9.17, 15) is 18.3 Å². The Morgan fingerprint density at radius 1 is 1.15 bits per heavy atom. The molecule has 1 heterocycles. The summed E-state index contributed by atoms with van der Waals surface area (Å²) < 4.78 is 38.9. The lowest BCUT2D eigenvalue weighted by Crippen LogP contribution is -2.16. The SMILES string of the molecule is Cc1nc(-c2ccc(C(F)(F)F)cc2)sc1CN(C)c1ccc(O)c(I)c1. The molecule has 0 aliphatic carbocycles. The van der Waals surface area contributed by atoms with Crippen LogP contribution in [-0.2, 0) is 12.7 Å². The zero-order valence-corrected chi connectivity index (χ0v) is 17.5. The number of benzene rings is 2. The number of aryl methyl sites for hydroxylation is 1. The number of hydrogen-bond acceptors (Lipinski definition) is 4. The van der Waals surface area contributed by atoms with Crippen molar-refractivity contribution in [3.8, 4) is 16.3 Å². The van der Waals surface area contributed by atoms with Gasteiger partial charge in [0.05, 0.1) is 21.4 Å². The molecule has 0 amide bonds. The van der Waals surface area contributed by atoms with Gasteiger partial charge >= 0.3 is 6.18 Å². The van der Waals surface area contributed by atoms with Crippen molar-refractivity contribution >= 4 is 39.6 Å². The zero-order chi connectivity index (χ0) is 19.8. The van der Waals surface area contributed by atoms with Crippen molar-refractivity contribution in [1.82, 2.24) is 4.98 Å². The van der Waals surface area contributed by atoms with Crippen LogP contribution in [0, 0.1) is 10.5 Å². The van der Waals surface area contributed by atoms with E-state index in [2.05, 4.69) is 27.6 Å². The van der Waals surface area contributed by atoms with E-state index in [1.165, 1.54) is 23.5 Å². The molecule has 0 saturated carbocycles. The molecular formula is C19H16F3IN2OS. The third-order valence-electron chi connectivity index (χ3n) is 4.10. The highest BCUT2D eigenvalue weighted by Crippen LogP contribution is 2.34. The number of thiazole rings is 1. The Balaban J connectivity index is 1.81. The monoisotopic (exact) mass is 504 g/mol. The number of halogens is 4. The lowest BCUT2D eigenvalue weighted by molar-refractivity contribution is -0.137. The highest BCUT2D eigenvalue weighted by Gasteiger charge is 2.30. The molecular weight excluding hydrogens is 488 g/mol. The summed E-state index contributed by atoms with van der Waals surface area (Å²) in [5, 5.41) is 10.4. The lowest BCUT2D eigenvalue weighted by atomic mass is 10.1. The van der Waals surface area contributed by atoms with Gasteiger partial charge in [-0.25, -0.2) is 4.98 Å². The standard InChI is InChI=1S/C19H16F3IN2OS/c1-11-17(10-25(2)14-7-8-16(26)15(23)9-14)27-18(24-11)12-3-5-13(6-4-12)19(20,21)22/h3-9,26H,10H2,1-2H3. The van der Waals surface area contributed by atoms with Gasteiger partial charge in [0.2, 0.25) is 0 Å². The quantitative estimate of drug-likeness (QED) is 0.438.